The summed E-state index contributed by atoms with van der Waals surface area (Å²) >= 11 is 13.5. The maximum absolute atomic E-state index is 13.6. The molecule has 1 aliphatic rings. The van der Waals surface area contributed by atoms with Gasteiger partial charge in [0.05, 0.1) is 44.8 Å². The third kappa shape index (κ3) is 8.91. The smallest absolute Gasteiger partial charge is 0.267 e. The summed E-state index contributed by atoms with van der Waals surface area (Å²) in [4.78, 5) is 15.6. The predicted octanol–water partition coefficient (Wildman–Crippen LogP) is 8.72. The highest BCUT2D eigenvalue weighted by atomic mass is 35.5. The van der Waals surface area contributed by atoms with E-state index in [1.165, 1.54) is 16.7 Å². The number of amidine groups is 1. The molecule has 1 saturated heterocycles. The number of furan rings is 1. The largest absolute Gasteiger partial charge is 0.493 e. The number of hydrogen-bond donors (Lipinski definition) is 0. The molecule has 0 unspecified atom stereocenters. The van der Waals surface area contributed by atoms with Crippen LogP contribution in [-0.2, 0) is 17.9 Å². The van der Waals surface area contributed by atoms with Crippen LogP contribution in [0.1, 0.15) is 36.3 Å². The molecule has 4 aromatic rings. The van der Waals surface area contributed by atoms with Crippen molar-refractivity contribution < 1.29 is 28.2 Å². The molecular formula is C35H33Cl2N3O6S. The van der Waals surface area contributed by atoms with Gasteiger partial charge in [0, 0.05) is 15.6 Å². The van der Waals surface area contributed by atoms with Crippen LogP contribution in [0.25, 0.3) is 6.08 Å². The number of carbonyl (C=O) groups is 1. The number of carbonyl (C=O) groups excluding carboxylic acids is 1. The van der Waals surface area contributed by atoms with Crippen LogP contribution in [0.15, 0.2) is 92.5 Å². The number of thioether (sulfide) groups is 1. The molecule has 0 N–H and O–H groups in total. The molecule has 0 aliphatic carbocycles. The Morgan fingerprint density at radius 3 is 2.32 bits per heavy atom. The van der Waals surface area contributed by atoms with Gasteiger partial charge in [-0.25, -0.2) is 0 Å². The van der Waals surface area contributed by atoms with E-state index < -0.39 is 0 Å². The Morgan fingerprint density at radius 2 is 1.64 bits per heavy atom. The van der Waals surface area contributed by atoms with Gasteiger partial charge in [0.25, 0.3) is 5.91 Å². The van der Waals surface area contributed by atoms with Gasteiger partial charge in [0.2, 0.25) is 0 Å². The predicted molar refractivity (Wildman–Crippen MR) is 187 cm³/mol. The Kier molecular flexibility index (Phi) is 11.5. The number of nitrogens with zero attached hydrogens (tertiary/aromatic N) is 3. The summed E-state index contributed by atoms with van der Waals surface area (Å²) in [5.41, 5.74) is 2.30. The van der Waals surface area contributed by atoms with Crippen molar-refractivity contribution in [1.82, 2.24) is 4.90 Å². The third-order valence-corrected chi connectivity index (χ3v) is 8.36. The first kappa shape index (κ1) is 34.0. The van der Waals surface area contributed by atoms with Gasteiger partial charge in [-0.15, -0.1) is 5.10 Å². The molecule has 3 aromatic carbocycles. The van der Waals surface area contributed by atoms with Crippen molar-refractivity contribution in [3.63, 3.8) is 0 Å². The molecule has 1 aliphatic heterocycles. The van der Waals surface area contributed by atoms with E-state index in [0.717, 1.165) is 16.7 Å². The highest BCUT2D eigenvalue weighted by molar-refractivity contribution is 8.18. The molecule has 9 nitrogen and oxygen atoms in total. The van der Waals surface area contributed by atoms with Gasteiger partial charge in [0.15, 0.2) is 28.2 Å². The van der Waals surface area contributed by atoms with Crippen LogP contribution >= 0.6 is 35.0 Å². The normalized spacial score (nSPS) is 15.0. The number of amides is 1. The van der Waals surface area contributed by atoms with Crippen molar-refractivity contribution in [1.29, 1.82) is 0 Å². The Morgan fingerprint density at radius 1 is 0.915 bits per heavy atom. The van der Waals surface area contributed by atoms with Crippen LogP contribution in [0, 0.1) is 5.92 Å². The molecule has 0 spiro atoms. The lowest BCUT2D eigenvalue weighted by molar-refractivity contribution is -0.122. The number of methoxy groups -OCH3 is 2. The van der Waals surface area contributed by atoms with Gasteiger partial charge in [-0.3, -0.25) is 9.69 Å². The van der Waals surface area contributed by atoms with Crippen molar-refractivity contribution in [2.24, 2.45) is 16.1 Å². The van der Waals surface area contributed by atoms with Crippen LogP contribution in [0.2, 0.25) is 10.0 Å². The summed E-state index contributed by atoms with van der Waals surface area (Å²) in [6, 6.07) is 19.8. The molecule has 12 heteroatoms. The number of hydrogen-bond acceptors (Lipinski definition) is 9. The zero-order valence-electron chi connectivity index (χ0n) is 26.2. The van der Waals surface area contributed by atoms with Gasteiger partial charge in [-0.1, -0.05) is 49.2 Å². The SMILES string of the molecule is COc1cc(/C=N/N=C2\S/C(=C\c3ccc(OCC(C)C)c(OC)c3)C(=O)N2Cc2ccco2)ccc1OCc1ccc(Cl)cc1Cl. The standard InChI is InChI=1S/C35H33Cl2N3O6S/c1-22(2)20-45-29-11-7-23(14-31(29)42-3)16-33-34(41)40(19-27-6-5-13-44-27)35(47-33)39-38-18-24-8-12-30(32(15-24)43-4)46-21-25-9-10-26(36)17-28(25)37/h5-18,22H,19-21H2,1-4H3/b33-16-,38-18+,39-35-. The Bertz CT molecular complexity index is 1810. The van der Waals surface area contributed by atoms with E-state index in [0.29, 0.717) is 61.4 Å². The van der Waals surface area contributed by atoms with Crippen LogP contribution in [0.4, 0.5) is 0 Å². The van der Waals surface area contributed by atoms with E-state index in [9.17, 15) is 4.79 Å². The summed E-state index contributed by atoms with van der Waals surface area (Å²) < 4.78 is 28.4. The molecule has 5 rings (SSSR count). The maximum atomic E-state index is 13.6. The van der Waals surface area contributed by atoms with Crippen molar-refractivity contribution in [3.8, 4) is 23.0 Å². The molecule has 0 saturated carbocycles. The van der Waals surface area contributed by atoms with E-state index in [-0.39, 0.29) is 19.1 Å². The average Bonchev–Trinajstić information content (AvgIpc) is 3.68. The first-order valence-electron chi connectivity index (χ1n) is 14.6. The average molecular weight is 695 g/mol. The third-order valence-electron chi connectivity index (χ3n) is 6.78. The van der Waals surface area contributed by atoms with E-state index >= 15 is 0 Å². The molecule has 1 fully saturated rings. The second-order valence-corrected chi connectivity index (χ2v) is 12.6. The molecule has 1 aromatic heterocycles. The fourth-order valence-corrected chi connectivity index (χ4v) is 5.80. The van der Waals surface area contributed by atoms with Crippen molar-refractivity contribution in [3.05, 3.63) is 110 Å². The summed E-state index contributed by atoms with van der Waals surface area (Å²) in [5.74, 6) is 3.05. The number of rotatable bonds is 13. The second kappa shape index (κ2) is 15.9. The van der Waals surface area contributed by atoms with Gasteiger partial charge in [-0.05, 0) is 89.5 Å². The lowest BCUT2D eigenvalue weighted by Crippen LogP contribution is -2.28. The Balaban J connectivity index is 1.34. The number of benzene rings is 3. The van der Waals surface area contributed by atoms with Crippen LogP contribution in [-0.4, -0.2) is 43.0 Å². The summed E-state index contributed by atoms with van der Waals surface area (Å²) in [6.07, 6.45) is 4.94. The fraction of sp³-hybridized carbons (Fsp3) is 0.229. The van der Waals surface area contributed by atoms with Gasteiger partial charge >= 0.3 is 0 Å². The minimum atomic E-state index is -0.219. The second-order valence-electron chi connectivity index (χ2n) is 10.8. The van der Waals surface area contributed by atoms with Crippen LogP contribution < -0.4 is 18.9 Å². The van der Waals surface area contributed by atoms with Crippen molar-refractivity contribution >= 4 is 58.3 Å². The monoisotopic (exact) mass is 693 g/mol. The quantitative estimate of drug-likeness (QED) is 0.0785. The molecule has 244 valence electrons. The highest BCUT2D eigenvalue weighted by Crippen LogP contribution is 2.36. The minimum Gasteiger partial charge on any atom is -0.493 e. The van der Waals surface area contributed by atoms with Gasteiger partial charge in [0.1, 0.15) is 12.4 Å². The first-order chi connectivity index (χ1) is 22.7. The van der Waals surface area contributed by atoms with Crippen molar-refractivity contribution in [2.75, 3.05) is 20.8 Å². The van der Waals surface area contributed by atoms with E-state index in [1.807, 2.05) is 30.3 Å². The highest BCUT2D eigenvalue weighted by Gasteiger charge is 2.34. The number of ether oxygens (including phenoxy) is 4. The maximum Gasteiger partial charge on any atom is 0.267 e. The molecule has 2 heterocycles. The molecule has 0 radical (unpaired) electrons. The van der Waals surface area contributed by atoms with Gasteiger partial charge < -0.3 is 23.4 Å². The summed E-state index contributed by atoms with van der Waals surface area (Å²) in [6.45, 7) is 5.17. The zero-order chi connectivity index (χ0) is 33.3. The van der Waals surface area contributed by atoms with E-state index in [4.69, 9.17) is 46.6 Å². The zero-order valence-corrected chi connectivity index (χ0v) is 28.6. The lowest BCUT2D eigenvalue weighted by Gasteiger charge is -2.13. The molecule has 0 atom stereocenters. The van der Waals surface area contributed by atoms with Crippen LogP contribution in [0.5, 0.6) is 23.0 Å². The Labute approximate surface area is 287 Å². The lowest BCUT2D eigenvalue weighted by atomic mass is 10.1. The van der Waals surface area contributed by atoms with E-state index in [1.54, 1.807) is 69.2 Å². The van der Waals surface area contributed by atoms with E-state index in [2.05, 4.69) is 24.1 Å². The number of halogens is 2. The molecular weight excluding hydrogens is 661 g/mol. The molecule has 1 amide bonds. The topological polar surface area (TPSA) is 95.1 Å². The first-order valence-corrected chi connectivity index (χ1v) is 16.2. The Hall–Kier alpha value is -4.38. The van der Waals surface area contributed by atoms with Crippen molar-refractivity contribution in [2.45, 2.75) is 27.0 Å². The van der Waals surface area contributed by atoms with Crippen LogP contribution in [0.3, 0.4) is 0 Å². The summed E-state index contributed by atoms with van der Waals surface area (Å²) in [5, 5.41) is 10.2. The van der Waals surface area contributed by atoms with Gasteiger partial charge in [-0.2, -0.15) is 5.10 Å². The molecule has 47 heavy (non-hydrogen) atoms. The molecule has 0 bridgehead atoms. The minimum absolute atomic E-state index is 0.202. The fourth-order valence-electron chi connectivity index (χ4n) is 4.40. The summed E-state index contributed by atoms with van der Waals surface area (Å²) in [7, 11) is 3.15.